The number of aromatic nitrogens is 2. The number of benzene rings is 1. The maximum atomic E-state index is 12.1. The highest BCUT2D eigenvalue weighted by Gasteiger charge is 2.04. The van der Waals surface area contributed by atoms with E-state index >= 15 is 0 Å². The number of pyridine rings is 1. The van der Waals surface area contributed by atoms with Crippen LogP contribution in [0, 0.1) is 13.8 Å². The molecule has 0 saturated carbocycles. The third-order valence-electron chi connectivity index (χ3n) is 3.54. The number of aryl methyl sites for hydroxylation is 2. The third kappa shape index (κ3) is 5.00. The highest BCUT2D eigenvalue weighted by atomic mass is 32.1. The van der Waals surface area contributed by atoms with E-state index in [2.05, 4.69) is 15.3 Å². The number of anilines is 1. The summed E-state index contributed by atoms with van der Waals surface area (Å²) in [6, 6.07) is 11.2. The second kappa shape index (κ2) is 8.40. The van der Waals surface area contributed by atoms with Crippen LogP contribution in [0.1, 0.15) is 21.8 Å². The largest absolute Gasteiger partial charge is 0.487 e. The fourth-order valence-corrected chi connectivity index (χ4v) is 2.85. The molecule has 0 saturated heterocycles. The molecule has 0 spiro atoms. The zero-order valence-corrected chi connectivity index (χ0v) is 15.4. The van der Waals surface area contributed by atoms with E-state index in [0.29, 0.717) is 18.2 Å². The van der Waals surface area contributed by atoms with Crippen molar-refractivity contribution in [3.05, 3.63) is 75.9 Å². The highest BCUT2D eigenvalue weighted by molar-refractivity contribution is 7.09. The molecule has 0 radical (unpaired) electrons. The molecule has 0 bridgehead atoms. The summed E-state index contributed by atoms with van der Waals surface area (Å²) in [6.07, 6.45) is 4.91. The average Bonchev–Trinajstić information content (AvgIpc) is 3.06. The van der Waals surface area contributed by atoms with Gasteiger partial charge in [0.25, 0.3) is 0 Å². The Bertz CT molecular complexity index is 917. The SMILES string of the molecule is Cc1ccc(NC(=O)/C=C/c2ccccc2OCc2csc(C)n2)nc1. The zero-order chi connectivity index (χ0) is 18.4. The number of para-hydroxylation sites is 1. The van der Waals surface area contributed by atoms with E-state index in [-0.39, 0.29) is 5.91 Å². The predicted molar refractivity (Wildman–Crippen MR) is 104 cm³/mol. The number of amides is 1. The second-order valence-electron chi connectivity index (χ2n) is 5.73. The van der Waals surface area contributed by atoms with Crippen molar-refractivity contribution in [3.63, 3.8) is 0 Å². The lowest BCUT2D eigenvalue weighted by Gasteiger charge is -2.07. The fraction of sp³-hybridized carbons (Fsp3) is 0.150. The lowest BCUT2D eigenvalue weighted by Crippen LogP contribution is -2.09. The van der Waals surface area contributed by atoms with Crippen LogP contribution in [0.25, 0.3) is 6.08 Å². The zero-order valence-electron chi connectivity index (χ0n) is 14.6. The van der Waals surface area contributed by atoms with Gasteiger partial charge in [0.05, 0.1) is 10.7 Å². The summed E-state index contributed by atoms with van der Waals surface area (Å²) in [5.74, 6) is 0.982. The molecule has 2 aromatic heterocycles. The molecule has 0 aliphatic heterocycles. The van der Waals surface area contributed by atoms with Gasteiger partial charge in [0, 0.05) is 23.2 Å². The average molecular weight is 365 g/mol. The van der Waals surface area contributed by atoms with Crippen molar-refractivity contribution >= 4 is 29.1 Å². The molecule has 1 N–H and O–H groups in total. The van der Waals surface area contributed by atoms with Gasteiger partial charge < -0.3 is 10.1 Å². The van der Waals surface area contributed by atoms with E-state index in [0.717, 1.165) is 21.8 Å². The number of carbonyl (C=O) groups is 1. The Labute approximate surface area is 156 Å². The van der Waals surface area contributed by atoms with Crippen molar-refractivity contribution in [3.8, 4) is 5.75 Å². The molecule has 1 amide bonds. The molecule has 2 heterocycles. The minimum Gasteiger partial charge on any atom is -0.487 e. The summed E-state index contributed by atoms with van der Waals surface area (Å²) in [5.41, 5.74) is 2.76. The van der Waals surface area contributed by atoms with Crippen LogP contribution in [0.5, 0.6) is 5.75 Å². The quantitative estimate of drug-likeness (QED) is 0.658. The Morgan fingerprint density at radius 3 is 2.81 bits per heavy atom. The van der Waals surface area contributed by atoms with Crippen LogP contribution in [0.15, 0.2) is 54.1 Å². The molecule has 0 aliphatic carbocycles. The summed E-state index contributed by atoms with van der Waals surface area (Å²) < 4.78 is 5.85. The Balaban J connectivity index is 1.64. The van der Waals surface area contributed by atoms with Gasteiger partial charge in [-0.3, -0.25) is 4.79 Å². The standard InChI is InChI=1S/C20H19N3O2S/c1-14-7-9-19(21-11-14)23-20(24)10-8-16-5-3-4-6-18(16)25-12-17-13-26-15(2)22-17/h3-11,13H,12H2,1-2H3,(H,21,23,24)/b10-8+. The first-order valence-electron chi connectivity index (χ1n) is 8.15. The Kier molecular flexibility index (Phi) is 5.76. The molecular weight excluding hydrogens is 346 g/mol. The lowest BCUT2D eigenvalue weighted by molar-refractivity contribution is -0.111. The van der Waals surface area contributed by atoms with Crippen LogP contribution in [0.2, 0.25) is 0 Å². The molecular formula is C20H19N3O2S. The van der Waals surface area contributed by atoms with Crippen molar-refractivity contribution in [2.24, 2.45) is 0 Å². The normalized spacial score (nSPS) is 10.8. The van der Waals surface area contributed by atoms with Crippen LogP contribution in [-0.4, -0.2) is 15.9 Å². The van der Waals surface area contributed by atoms with Crippen molar-refractivity contribution < 1.29 is 9.53 Å². The molecule has 1 aromatic carbocycles. The van der Waals surface area contributed by atoms with Crippen LogP contribution >= 0.6 is 11.3 Å². The first kappa shape index (κ1) is 17.8. The van der Waals surface area contributed by atoms with E-state index in [1.807, 2.05) is 49.6 Å². The Hall–Kier alpha value is -2.99. The molecule has 3 rings (SSSR count). The van der Waals surface area contributed by atoms with Crippen LogP contribution in [-0.2, 0) is 11.4 Å². The number of ether oxygens (including phenoxy) is 1. The first-order chi connectivity index (χ1) is 12.6. The maximum Gasteiger partial charge on any atom is 0.249 e. The minimum absolute atomic E-state index is 0.244. The van der Waals surface area contributed by atoms with Crippen LogP contribution < -0.4 is 10.1 Å². The van der Waals surface area contributed by atoms with E-state index < -0.39 is 0 Å². The minimum atomic E-state index is -0.244. The first-order valence-corrected chi connectivity index (χ1v) is 9.03. The van der Waals surface area contributed by atoms with Gasteiger partial charge in [-0.1, -0.05) is 24.3 Å². The van der Waals surface area contributed by atoms with Gasteiger partial charge >= 0.3 is 0 Å². The summed E-state index contributed by atoms with van der Waals surface area (Å²) in [7, 11) is 0. The van der Waals surface area contributed by atoms with Crippen LogP contribution in [0.3, 0.4) is 0 Å². The second-order valence-corrected chi connectivity index (χ2v) is 6.79. The molecule has 0 atom stereocenters. The summed E-state index contributed by atoms with van der Waals surface area (Å²) in [5, 5.41) is 5.73. The van der Waals surface area contributed by atoms with E-state index in [1.54, 1.807) is 29.7 Å². The third-order valence-corrected chi connectivity index (χ3v) is 4.36. The Morgan fingerprint density at radius 1 is 1.23 bits per heavy atom. The topological polar surface area (TPSA) is 64.1 Å². The lowest BCUT2D eigenvalue weighted by atomic mass is 10.2. The van der Waals surface area contributed by atoms with Crippen molar-refractivity contribution in [2.75, 3.05) is 5.32 Å². The van der Waals surface area contributed by atoms with Crippen molar-refractivity contribution in [2.45, 2.75) is 20.5 Å². The van der Waals surface area contributed by atoms with E-state index in [4.69, 9.17) is 4.74 Å². The number of thiazole rings is 1. The van der Waals surface area contributed by atoms with Gasteiger partial charge in [0.15, 0.2) is 0 Å². The van der Waals surface area contributed by atoms with Gasteiger partial charge in [0.1, 0.15) is 18.2 Å². The number of hydrogen-bond donors (Lipinski definition) is 1. The van der Waals surface area contributed by atoms with Crippen LogP contribution in [0.4, 0.5) is 5.82 Å². The molecule has 0 unspecified atom stereocenters. The number of hydrogen-bond acceptors (Lipinski definition) is 5. The monoisotopic (exact) mass is 365 g/mol. The van der Waals surface area contributed by atoms with E-state index in [9.17, 15) is 4.79 Å². The van der Waals surface area contributed by atoms with Gasteiger partial charge in [-0.25, -0.2) is 9.97 Å². The summed E-state index contributed by atoms with van der Waals surface area (Å²) in [6.45, 7) is 4.31. The number of nitrogens with one attached hydrogen (secondary N) is 1. The summed E-state index contributed by atoms with van der Waals surface area (Å²) >= 11 is 1.60. The predicted octanol–water partition coefficient (Wildman–Crippen LogP) is 4.39. The summed E-state index contributed by atoms with van der Waals surface area (Å²) in [4.78, 5) is 20.6. The molecule has 0 fully saturated rings. The molecule has 26 heavy (non-hydrogen) atoms. The fourth-order valence-electron chi connectivity index (χ4n) is 2.25. The Morgan fingerprint density at radius 2 is 2.08 bits per heavy atom. The molecule has 5 nitrogen and oxygen atoms in total. The van der Waals surface area contributed by atoms with Gasteiger partial charge in [-0.15, -0.1) is 11.3 Å². The molecule has 132 valence electrons. The molecule has 0 aliphatic rings. The van der Waals surface area contributed by atoms with E-state index in [1.165, 1.54) is 6.08 Å². The maximum absolute atomic E-state index is 12.1. The van der Waals surface area contributed by atoms with Crippen molar-refractivity contribution in [1.82, 2.24) is 9.97 Å². The van der Waals surface area contributed by atoms with Gasteiger partial charge in [0.2, 0.25) is 5.91 Å². The number of nitrogens with zero attached hydrogens (tertiary/aromatic N) is 2. The molecule has 3 aromatic rings. The van der Waals surface area contributed by atoms with Crippen molar-refractivity contribution in [1.29, 1.82) is 0 Å². The number of carbonyl (C=O) groups excluding carboxylic acids is 1. The smallest absolute Gasteiger partial charge is 0.249 e. The van der Waals surface area contributed by atoms with Gasteiger partial charge in [-0.2, -0.15) is 0 Å². The highest BCUT2D eigenvalue weighted by Crippen LogP contribution is 2.21. The van der Waals surface area contributed by atoms with Gasteiger partial charge in [-0.05, 0) is 37.6 Å². The number of rotatable bonds is 6. The molecule has 6 heteroatoms.